The topological polar surface area (TPSA) is 54.0 Å². The third-order valence-corrected chi connectivity index (χ3v) is 5.02. The van der Waals surface area contributed by atoms with Crippen LogP contribution in [0, 0.1) is 11.3 Å². The van der Waals surface area contributed by atoms with Gasteiger partial charge in [-0.2, -0.15) is 0 Å². The number of benzene rings is 1. The molecule has 0 bridgehead atoms. The summed E-state index contributed by atoms with van der Waals surface area (Å²) in [4.78, 5) is 14.7. The zero-order chi connectivity index (χ0) is 17.1. The van der Waals surface area contributed by atoms with Crippen LogP contribution in [-0.4, -0.2) is 39.5 Å². The van der Waals surface area contributed by atoms with Gasteiger partial charge in [0.1, 0.15) is 0 Å². The highest BCUT2D eigenvalue weighted by Gasteiger charge is 2.16. The summed E-state index contributed by atoms with van der Waals surface area (Å²) in [6, 6.07) is 8.05. The first-order valence-corrected chi connectivity index (χ1v) is 9.05. The fraction of sp³-hybridized carbons (Fsp3) is 0.579. The van der Waals surface area contributed by atoms with Crippen LogP contribution in [0.2, 0.25) is 0 Å². The van der Waals surface area contributed by atoms with Crippen molar-refractivity contribution in [3.63, 3.8) is 0 Å². The zero-order valence-electron chi connectivity index (χ0n) is 14.8. The molecule has 0 unspecified atom stereocenters. The first-order chi connectivity index (χ1) is 11.6. The van der Waals surface area contributed by atoms with Gasteiger partial charge in [-0.1, -0.05) is 32.4 Å². The summed E-state index contributed by atoms with van der Waals surface area (Å²) in [5, 5.41) is 8.58. The van der Waals surface area contributed by atoms with Gasteiger partial charge in [0.2, 0.25) is 5.62 Å². The summed E-state index contributed by atoms with van der Waals surface area (Å²) in [6.45, 7) is 8.24. The van der Waals surface area contributed by atoms with Crippen LogP contribution in [0.25, 0.3) is 11.0 Å². The number of hydrogen-bond acceptors (Lipinski definition) is 3. The molecule has 5 nitrogen and oxygen atoms in total. The third kappa shape index (κ3) is 3.46. The van der Waals surface area contributed by atoms with Gasteiger partial charge < -0.3 is 14.0 Å². The Labute approximate surface area is 143 Å². The van der Waals surface area contributed by atoms with E-state index in [0.717, 1.165) is 24.1 Å². The second-order valence-electron chi connectivity index (χ2n) is 7.07. The van der Waals surface area contributed by atoms with Crippen LogP contribution in [0.4, 0.5) is 0 Å². The van der Waals surface area contributed by atoms with Crippen LogP contribution in [0.1, 0.15) is 33.1 Å². The largest absolute Gasteiger partial charge is 0.309 e. The average molecular weight is 328 g/mol. The Hall–Kier alpha value is -1.88. The molecule has 0 saturated carbocycles. The number of nitrogens with one attached hydrogen (secondary N) is 1. The minimum absolute atomic E-state index is 0.00707. The predicted octanol–water partition coefficient (Wildman–Crippen LogP) is 2.63. The van der Waals surface area contributed by atoms with E-state index in [1.54, 1.807) is 0 Å². The summed E-state index contributed by atoms with van der Waals surface area (Å²) in [7, 11) is 0. The molecule has 130 valence electrons. The summed E-state index contributed by atoms with van der Waals surface area (Å²) in [5.41, 5.74) is 2.47. The van der Waals surface area contributed by atoms with Gasteiger partial charge in [0.15, 0.2) is 5.78 Å². The monoisotopic (exact) mass is 328 g/mol. The van der Waals surface area contributed by atoms with Gasteiger partial charge in [-0.15, -0.1) is 0 Å². The van der Waals surface area contributed by atoms with Crippen LogP contribution >= 0.6 is 0 Å². The second kappa shape index (κ2) is 7.34. The molecule has 1 fully saturated rings. The number of nitrogens with zero attached hydrogens (tertiary/aromatic N) is 3. The Morgan fingerprint density at radius 3 is 2.29 bits per heavy atom. The molecule has 0 radical (unpaired) electrons. The standard InChI is InChI=1S/C19H28N4O/c1-15(2)18(24)14-23-17-9-5-4-8-16(17)22(19(23)20)13-12-21-10-6-3-7-11-21/h4-5,8-9,15,20H,3,6-7,10-14H2,1-2H3. The number of para-hydroxylation sites is 2. The highest BCUT2D eigenvalue weighted by molar-refractivity contribution is 5.83. The Morgan fingerprint density at radius 1 is 1.04 bits per heavy atom. The Bertz CT molecular complexity index is 765. The first kappa shape index (κ1) is 17.0. The lowest BCUT2D eigenvalue weighted by Gasteiger charge is -2.26. The molecule has 1 aromatic heterocycles. The fourth-order valence-electron chi connectivity index (χ4n) is 3.44. The van der Waals surface area contributed by atoms with Crippen LogP contribution in [0.3, 0.4) is 0 Å². The molecule has 24 heavy (non-hydrogen) atoms. The van der Waals surface area contributed by atoms with E-state index in [9.17, 15) is 4.79 Å². The molecule has 1 aromatic carbocycles. The third-order valence-electron chi connectivity index (χ3n) is 5.02. The van der Waals surface area contributed by atoms with Gasteiger partial charge in [-0.3, -0.25) is 10.2 Å². The van der Waals surface area contributed by atoms with Gasteiger partial charge in [-0.05, 0) is 38.1 Å². The Balaban J connectivity index is 1.88. The molecule has 1 aliphatic rings. The van der Waals surface area contributed by atoms with E-state index in [1.807, 2.05) is 36.6 Å². The number of rotatable bonds is 6. The lowest BCUT2D eigenvalue weighted by molar-refractivity contribution is -0.122. The number of likely N-dealkylation sites (tertiary alicyclic amines) is 1. The fourth-order valence-corrected chi connectivity index (χ4v) is 3.44. The van der Waals surface area contributed by atoms with Crippen LogP contribution in [-0.2, 0) is 17.9 Å². The number of aromatic nitrogens is 2. The van der Waals surface area contributed by atoms with Crippen molar-refractivity contribution in [3.8, 4) is 0 Å². The van der Waals surface area contributed by atoms with Gasteiger partial charge in [-0.25, -0.2) is 0 Å². The number of hydrogen-bond donors (Lipinski definition) is 1. The molecule has 1 N–H and O–H groups in total. The highest BCUT2D eigenvalue weighted by atomic mass is 16.1. The van der Waals surface area contributed by atoms with Gasteiger partial charge in [0.25, 0.3) is 0 Å². The molecule has 0 aliphatic carbocycles. The second-order valence-corrected chi connectivity index (χ2v) is 7.07. The summed E-state index contributed by atoms with van der Waals surface area (Å²) >= 11 is 0. The van der Waals surface area contributed by atoms with E-state index in [1.165, 1.54) is 32.4 Å². The maximum absolute atomic E-state index is 12.2. The zero-order valence-corrected chi connectivity index (χ0v) is 14.8. The van der Waals surface area contributed by atoms with E-state index in [2.05, 4.69) is 15.5 Å². The van der Waals surface area contributed by atoms with Crippen LogP contribution in [0.5, 0.6) is 0 Å². The first-order valence-electron chi connectivity index (χ1n) is 9.05. The minimum atomic E-state index is -0.00707. The molecular formula is C19H28N4O. The van der Waals surface area contributed by atoms with Crippen LogP contribution < -0.4 is 5.62 Å². The van der Waals surface area contributed by atoms with Crippen molar-refractivity contribution >= 4 is 16.8 Å². The molecule has 3 rings (SSSR count). The van der Waals surface area contributed by atoms with Crippen molar-refractivity contribution in [3.05, 3.63) is 29.9 Å². The molecule has 0 atom stereocenters. The van der Waals surface area contributed by atoms with E-state index in [-0.39, 0.29) is 18.2 Å². The lowest BCUT2D eigenvalue weighted by atomic mass is 10.1. The van der Waals surface area contributed by atoms with Crippen molar-refractivity contribution in [1.82, 2.24) is 14.0 Å². The Kier molecular flexibility index (Phi) is 5.19. The molecule has 5 heteroatoms. The van der Waals surface area contributed by atoms with E-state index in [4.69, 9.17) is 5.41 Å². The van der Waals surface area contributed by atoms with E-state index in [0.29, 0.717) is 5.62 Å². The molecule has 0 spiro atoms. The maximum atomic E-state index is 12.2. The number of carbonyl (C=O) groups excluding carboxylic acids is 1. The van der Waals surface area contributed by atoms with Gasteiger partial charge >= 0.3 is 0 Å². The Morgan fingerprint density at radius 2 is 1.67 bits per heavy atom. The number of piperidine rings is 1. The maximum Gasteiger partial charge on any atom is 0.203 e. The van der Waals surface area contributed by atoms with Crippen molar-refractivity contribution in [2.24, 2.45) is 5.92 Å². The quantitative estimate of drug-likeness (QED) is 0.886. The minimum Gasteiger partial charge on any atom is -0.309 e. The molecule has 1 saturated heterocycles. The van der Waals surface area contributed by atoms with Gasteiger partial charge in [0.05, 0.1) is 17.6 Å². The van der Waals surface area contributed by atoms with Crippen molar-refractivity contribution in [2.75, 3.05) is 19.6 Å². The molecule has 2 aromatic rings. The SMILES string of the molecule is CC(C)C(=O)Cn1c(=N)n(CCN2CCCCC2)c2ccccc21. The summed E-state index contributed by atoms with van der Waals surface area (Å²) in [6.07, 6.45) is 3.90. The number of carbonyl (C=O) groups is 1. The molecule has 1 aliphatic heterocycles. The van der Waals surface area contributed by atoms with E-state index >= 15 is 0 Å². The average Bonchev–Trinajstić information content (AvgIpc) is 2.86. The smallest absolute Gasteiger partial charge is 0.203 e. The molecule has 0 amide bonds. The van der Waals surface area contributed by atoms with Crippen molar-refractivity contribution in [1.29, 1.82) is 5.41 Å². The van der Waals surface area contributed by atoms with Crippen LogP contribution in [0.15, 0.2) is 24.3 Å². The number of fused-ring (bicyclic) bond motifs is 1. The normalized spacial score (nSPS) is 16.1. The predicted molar refractivity (Wildman–Crippen MR) is 95.9 cm³/mol. The van der Waals surface area contributed by atoms with Gasteiger partial charge in [0, 0.05) is 19.0 Å². The summed E-state index contributed by atoms with van der Waals surface area (Å²) < 4.78 is 3.91. The molecule has 2 heterocycles. The molecular weight excluding hydrogens is 300 g/mol. The number of Topliss-reactive ketones (excluding diaryl/α,β-unsaturated/α-hetero) is 1. The number of ketones is 1. The highest BCUT2D eigenvalue weighted by Crippen LogP contribution is 2.14. The van der Waals surface area contributed by atoms with Crippen molar-refractivity contribution in [2.45, 2.75) is 46.2 Å². The summed E-state index contributed by atoms with van der Waals surface area (Å²) in [5.74, 6) is 0.166. The lowest BCUT2D eigenvalue weighted by Crippen LogP contribution is -2.35. The number of imidazole rings is 1. The van der Waals surface area contributed by atoms with E-state index < -0.39 is 0 Å². The van der Waals surface area contributed by atoms with Crippen molar-refractivity contribution < 1.29 is 4.79 Å².